The number of amides is 2. The van der Waals surface area contributed by atoms with Gasteiger partial charge in [-0.1, -0.05) is 54.4 Å². The van der Waals surface area contributed by atoms with Crippen LogP contribution in [-0.2, 0) is 35.5 Å². The van der Waals surface area contributed by atoms with Crippen molar-refractivity contribution in [3.63, 3.8) is 0 Å². The number of hydrogen-bond acceptors (Lipinski definition) is 6. The topological polar surface area (TPSA) is 83.8 Å². The number of benzene rings is 2. The number of nitrogens with zero attached hydrogens (tertiary/aromatic N) is 6. The zero-order valence-corrected chi connectivity index (χ0v) is 30.0. The van der Waals surface area contributed by atoms with Crippen LogP contribution < -0.4 is 0 Å². The Kier molecular flexibility index (Phi) is 11.0. The molecule has 3 heterocycles. The van der Waals surface area contributed by atoms with Gasteiger partial charge in [-0.3, -0.25) is 19.6 Å². The summed E-state index contributed by atoms with van der Waals surface area (Å²) in [6, 6.07) is 16.3. The average molecular weight is 713 g/mol. The third-order valence-electron chi connectivity index (χ3n) is 10.5. The summed E-state index contributed by atoms with van der Waals surface area (Å²) in [6.45, 7) is 4.67. The predicted molar refractivity (Wildman–Crippen MR) is 194 cm³/mol. The van der Waals surface area contributed by atoms with E-state index in [0.29, 0.717) is 50.6 Å². The van der Waals surface area contributed by atoms with Gasteiger partial charge in [-0.25, -0.2) is 14.2 Å². The van der Waals surface area contributed by atoms with E-state index < -0.39 is 12.1 Å². The first-order valence-electron chi connectivity index (χ1n) is 18.3. The highest BCUT2D eigenvalue weighted by Gasteiger charge is 2.43. The average Bonchev–Trinajstić information content (AvgIpc) is 3.49. The van der Waals surface area contributed by atoms with Crippen LogP contribution in [0.25, 0.3) is 0 Å². The molecule has 0 bridgehead atoms. The Morgan fingerprint density at radius 2 is 1.80 bits per heavy atom. The van der Waals surface area contributed by atoms with Gasteiger partial charge in [0.05, 0.1) is 30.0 Å². The zero-order chi connectivity index (χ0) is 35.3. The monoisotopic (exact) mass is 712 g/mol. The standard InChI is InChI=1S/C40H46ClFN6O3/c1-28-24-45(27-44-28)17-8-18-47(25-29-9-4-2-5-10-29)39(49)36-26-46(19-20-48(36)40(50)51-34-11-6-3-7-12-34)38-35-16-15-32(41)21-30(35)13-14-31-22-33(42)23-43-37(31)38/h2,4-5,9-10,15-16,21-24,27,34,36,38H,3,6-8,11-14,17-20,25-26H2,1H3/t36-,38+/m1/s1. The van der Waals surface area contributed by atoms with Crippen molar-refractivity contribution in [1.82, 2.24) is 29.2 Å². The molecule has 2 atom stereocenters. The van der Waals surface area contributed by atoms with Crippen molar-refractivity contribution in [2.75, 3.05) is 26.2 Å². The summed E-state index contributed by atoms with van der Waals surface area (Å²) in [5.74, 6) is -0.495. The van der Waals surface area contributed by atoms with Crippen LogP contribution in [0.4, 0.5) is 9.18 Å². The van der Waals surface area contributed by atoms with Crippen molar-refractivity contribution in [1.29, 1.82) is 0 Å². The van der Waals surface area contributed by atoms with Crippen LogP contribution in [0.15, 0.2) is 73.3 Å². The van der Waals surface area contributed by atoms with Gasteiger partial charge in [0.25, 0.3) is 0 Å². The van der Waals surface area contributed by atoms with Crippen LogP contribution in [0, 0.1) is 12.7 Å². The molecule has 2 fully saturated rings. The van der Waals surface area contributed by atoms with Crippen molar-refractivity contribution in [2.45, 2.75) is 89.6 Å². The number of ether oxygens (including phenoxy) is 1. The highest BCUT2D eigenvalue weighted by Crippen LogP contribution is 2.38. The Labute approximate surface area is 304 Å². The maximum Gasteiger partial charge on any atom is 0.410 e. The number of fused-ring (bicyclic) bond motifs is 2. The van der Waals surface area contributed by atoms with E-state index >= 15 is 0 Å². The summed E-state index contributed by atoms with van der Waals surface area (Å²) in [6.07, 6.45) is 11.5. The van der Waals surface area contributed by atoms with Crippen molar-refractivity contribution in [2.24, 2.45) is 0 Å². The van der Waals surface area contributed by atoms with E-state index in [4.69, 9.17) is 16.3 Å². The minimum Gasteiger partial charge on any atom is -0.446 e. The summed E-state index contributed by atoms with van der Waals surface area (Å²) < 4.78 is 22.7. The second kappa shape index (κ2) is 15.9. The maximum atomic E-state index is 15.0. The van der Waals surface area contributed by atoms with E-state index in [0.717, 1.165) is 72.2 Å². The van der Waals surface area contributed by atoms with Gasteiger partial charge in [-0.2, -0.15) is 0 Å². The van der Waals surface area contributed by atoms with Crippen LogP contribution >= 0.6 is 11.6 Å². The number of aryl methyl sites for hydroxylation is 4. The minimum atomic E-state index is -0.794. The quantitative estimate of drug-likeness (QED) is 0.184. The molecule has 3 aliphatic rings. The number of pyridine rings is 1. The molecule has 0 radical (unpaired) electrons. The van der Waals surface area contributed by atoms with Gasteiger partial charge in [-0.05, 0) is 92.3 Å². The fraction of sp³-hybridized carbons (Fsp3) is 0.450. The van der Waals surface area contributed by atoms with Gasteiger partial charge < -0.3 is 14.2 Å². The highest BCUT2D eigenvalue weighted by molar-refractivity contribution is 6.30. The SMILES string of the molecule is Cc1cn(CCCN(Cc2ccccc2)C(=O)[C@H]2CN([C@H]3c4ccc(Cl)cc4CCc4cc(F)cnc43)CCN2C(=O)OC2CCCCC2)cn1. The molecular formula is C40H46ClFN6O3. The molecule has 2 amide bonds. The first-order chi connectivity index (χ1) is 24.8. The number of carbonyl (C=O) groups excluding carboxylic acids is 2. The summed E-state index contributed by atoms with van der Waals surface area (Å²) in [4.78, 5) is 43.8. The van der Waals surface area contributed by atoms with Crippen LogP contribution in [0.3, 0.4) is 0 Å². The lowest BCUT2D eigenvalue weighted by atomic mass is 9.95. The van der Waals surface area contributed by atoms with Gasteiger partial charge in [0.15, 0.2) is 0 Å². The van der Waals surface area contributed by atoms with E-state index in [1.54, 1.807) is 11.0 Å². The van der Waals surface area contributed by atoms with E-state index in [1.807, 2.05) is 77.4 Å². The Hall–Kier alpha value is -4.28. The molecular weight excluding hydrogens is 667 g/mol. The van der Waals surface area contributed by atoms with Gasteiger partial charge in [0.2, 0.25) is 5.91 Å². The number of piperazine rings is 1. The van der Waals surface area contributed by atoms with Crippen molar-refractivity contribution in [3.05, 3.63) is 118 Å². The molecule has 1 saturated heterocycles. The summed E-state index contributed by atoms with van der Waals surface area (Å²) in [7, 11) is 0. The van der Waals surface area contributed by atoms with Crippen LogP contribution in [0.2, 0.25) is 5.02 Å². The van der Waals surface area contributed by atoms with Crippen molar-refractivity contribution < 1.29 is 18.7 Å². The molecule has 9 nitrogen and oxygen atoms in total. The molecule has 1 saturated carbocycles. The Morgan fingerprint density at radius 1 is 1.00 bits per heavy atom. The molecule has 2 aromatic heterocycles. The fourth-order valence-corrected chi connectivity index (χ4v) is 8.16. The van der Waals surface area contributed by atoms with Gasteiger partial charge in [0.1, 0.15) is 18.0 Å². The normalized spacial score (nSPS) is 19.5. The number of imidazole rings is 1. The number of halogens is 2. The van der Waals surface area contributed by atoms with Crippen LogP contribution in [0.5, 0.6) is 0 Å². The lowest BCUT2D eigenvalue weighted by molar-refractivity contribution is -0.140. The van der Waals surface area contributed by atoms with E-state index in [2.05, 4.69) is 14.9 Å². The van der Waals surface area contributed by atoms with Gasteiger partial charge in [-0.15, -0.1) is 0 Å². The largest absolute Gasteiger partial charge is 0.446 e. The molecule has 2 aliphatic carbocycles. The molecule has 0 unspecified atom stereocenters. The molecule has 7 rings (SSSR count). The second-order valence-electron chi connectivity index (χ2n) is 14.1. The molecule has 1 aliphatic heterocycles. The highest BCUT2D eigenvalue weighted by atomic mass is 35.5. The fourth-order valence-electron chi connectivity index (χ4n) is 7.96. The van der Waals surface area contributed by atoms with E-state index in [-0.39, 0.29) is 30.4 Å². The Morgan fingerprint density at radius 3 is 2.59 bits per heavy atom. The number of aromatic nitrogens is 3. The van der Waals surface area contributed by atoms with E-state index in [9.17, 15) is 14.0 Å². The summed E-state index contributed by atoms with van der Waals surface area (Å²) >= 11 is 6.48. The first-order valence-corrected chi connectivity index (χ1v) is 18.6. The summed E-state index contributed by atoms with van der Waals surface area (Å²) in [5, 5.41) is 0.642. The molecule has 2 aromatic carbocycles. The predicted octanol–water partition coefficient (Wildman–Crippen LogP) is 7.14. The molecule has 4 aromatic rings. The first kappa shape index (κ1) is 35.1. The molecule has 11 heteroatoms. The minimum absolute atomic E-state index is 0.122. The lowest BCUT2D eigenvalue weighted by Crippen LogP contribution is -2.62. The summed E-state index contributed by atoms with van der Waals surface area (Å²) in [5.41, 5.74) is 5.70. The maximum absolute atomic E-state index is 15.0. The van der Waals surface area contributed by atoms with E-state index in [1.165, 1.54) is 6.20 Å². The van der Waals surface area contributed by atoms with Crippen LogP contribution in [-0.4, -0.2) is 79.6 Å². The third kappa shape index (κ3) is 8.28. The Bertz CT molecular complexity index is 1780. The van der Waals surface area contributed by atoms with Crippen molar-refractivity contribution in [3.8, 4) is 0 Å². The van der Waals surface area contributed by atoms with Gasteiger partial charge in [0, 0.05) is 50.5 Å². The van der Waals surface area contributed by atoms with Crippen LogP contribution in [0.1, 0.15) is 78.2 Å². The smallest absolute Gasteiger partial charge is 0.410 e. The number of rotatable bonds is 9. The van der Waals surface area contributed by atoms with Crippen molar-refractivity contribution >= 4 is 23.6 Å². The third-order valence-corrected chi connectivity index (χ3v) is 10.8. The number of hydrogen-bond donors (Lipinski definition) is 0. The van der Waals surface area contributed by atoms with Gasteiger partial charge >= 0.3 is 6.09 Å². The lowest BCUT2D eigenvalue weighted by Gasteiger charge is -2.45. The molecule has 0 spiro atoms. The zero-order valence-electron chi connectivity index (χ0n) is 29.2. The molecule has 0 N–H and O–H groups in total. The Balaban J connectivity index is 1.22. The number of carbonyl (C=O) groups is 2. The molecule has 268 valence electrons. The molecule has 51 heavy (non-hydrogen) atoms. The second-order valence-corrected chi connectivity index (χ2v) is 14.6.